The molecule has 4 rings (SSSR count). The third kappa shape index (κ3) is 2.80. The maximum Gasteiger partial charge on any atom is 0.138 e. The van der Waals surface area contributed by atoms with Gasteiger partial charge in [0, 0.05) is 16.7 Å². The summed E-state index contributed by atoms with van der Waals surface area (Å²) < 4.78 is 17.4. The van der Waals surface area contributed by atoms with Crippen LogP contribution in [0.25, 0.3) is 33.3 Å². The van der Waals surface area contributed by atoms with Gasteiger partial charge in [-0.3, -0.25) is 0 Å². The summed E-state index contributed by atoms with van der Waals surface area (Å²) in [6, 6.07) is 21.1. The van der Waals surface area contributed by atoms with Crippen LogP contribution in [0.1, 0.15) is 20.8 Å². The monoisotopic (exact) mass is 344 g/mol. The van der Waals surface area contributed by atoms with Crippen molar-refractivity contribution in [1.82, 2.24) is 9.55 Å². The van der Waals surface area contributed by atoms with Gasteiger partial charge in [-0.1, -0.05) is 54.6 Å². The Hall–Kier alpha value is -2.94. The molecule has 2 nitrogen and oxygen atoms in total. The minimum atomic E-state index is -0.201. The predicted octanol–water partition coefficient (Wildman–Crippen LogP) is 6.26. The number of rotatable bonds is 2. The lowest BCUT2D eigenvalue weighted by Crippen LogP contribution is -2.20. The molecule has 0 fully saturated rings. The van der Waals surface area contributed by atoms with Gasteiger partial charge in [-0.2, -0.15) is 0 Å². The predicted molar refractivity (Wildman–Crippen MR) is 106 cm³/mol. The van der Waals surface area contributed by atoms with Crippen molar-refractivity contribution in [2.24, 2.45) is 0 Å². The van der Waals surface area contributed by atoms with Crippen molar-refractivity contribution in [3.63, 3.8) is 0 Å². The van der Waals surface area contributed by atoms with E-state index in [1.54, 1.807) is 0 Å². The van der Waals surface area contributed by atoms with Crippen molar-refractivity contribution < 1.29 is 4.39 Å². The fraction of sp³-hybridized carbons (Fsp3) is 0.174. The molecule has 0 amide bonds. The van der Waals surface area contributed by atoms with E-state index in [0.29, 0.717) is 11.1 Å². The Morgan fingerprint density at radius 1 is 0.808 bits per heavy atom. The summed E-state index contributed by atoms with van der Waals surface area (Å²) >= 11 is 0. The van der Waals surface area contributed by atoms with Crippen LogP contribution in [0.3, 0.4) is 0 Å². The summed E-state index contributed by atoms with van der Waals surface area (Å²) in [6.07, 6.45) is 1.85. The summed E-state index contributed by atoms with van der Waals surface area (Å²) in [5.74, 6) is -0.201. The summed E-state index contributed by atoms with van der Waals surface area (Å²) in [7, 11) is 0. The zero-order chi connectivity index (χ0) is 18.3. The minimum absolute atomic E-state index is 0.0469. The largest absolute Gasteiger partial charge is 0.325 e. The molecule has 0 N–H and O–H groups in total. The van der Waals surface area contributed by atoms with E-state index in [1.807, 2.05) is 73.1 Å². The Morgan fingerprint density at radius 2 is 1.50 bits per heavy atom. The highest BCUT2D eigenvalue weighted by Crippen LogP contribution is 2.33. The zero-order valence-corrected chi connectivity index (χ0v) is 15.2. The van der Waals surface area contributed by atoms with Gasteiger partial charge >= 0.3 is 0 Å². The highest BCUT2D eigenvalue weighted by atomic mass is 19.1. The van der Waals surface area contributed by atoms with Crippen molar-refractivity contribution in [2.45, 2.75) is 26.3 Å². The molecule has 26 heavy (non-hydrogen) atoms. The molecule has 4 aromatic rings. The van der Waals surface area contributed by atoms with Crippen molar-refractivity contribution in [3.05, 3.63) is 78.9 Å². The molecule has 1 heterocycles. The van der Waals surface area contributed by atoms with Crippen LogP contribution in [-0.2, 0) is 5.54 Å². The lowest BCUT2D eigenvalue weighted by molar-refractivity contribution is 0.408. The first-order valence-electron chi connectivity index (χ1n) is 8.77. The molecule has 0 aliphatic rings. The molecule has 0 saturated carbocycles. The lowest BCUT2D eigenvalue weighted by Gasteiger charge is -2.21. The number of fused-ring (bicyclic) bond motifs is 1. The van der Waals surface area contributed by atoms with Gasteiger partial charge in [0.05, 0.1) is 17.4 Å². The van der Waals surface area contributed by atoms with Crippen molar-refractivity contribution in [1.29, 1.82) is 0 Å². The van der Waals surface area contributed by atoms with Crippen LogP contribution < -0.4 is 0 Å². The molecule has 0 aliphatic heterocycles. The minimum Gasteiger partial charge on any atom is -0.325 e. The summed E-state index contributed by atoms with van der Waals surface area (Å²) in [6.45, 7) is 6.43. The number of benzene rings is 3. The fourth-order valence-electron chi connectivity index (χ4n) is 3.31. The molecular weight excluding hydrogens is 323 g/mol. The van der Waals surface area contributed by atoms with E-state index < -0.39 is 0 Å². The average Bonchev–Trinajstić information content (AvgIpc) is 3.06. The first-order chi connectivity index (χ1) is 12.4. The quantitative estimate of drug-likeness (QED) is 0.419. The van der Waals surface area contributed by atoms with Gasteiger partial charge < -0.3 is 4.57 Å². The number of hydrogen-bond acceptors (Lipinski definition) is 1. The summed E-state index contributed by atoms with van der Waals surface area (Å²) in [5.41, 5.74) is 4.82. The Kier molecular flexibility index (Phi) is 3.87. The van der Waals surface area contributed by atoms with Crippen molar-refractivity contribution in [2.75, 3.05) is 0 Å². The average molecular weight is 344 g/mol. The van der Waals surface area contributed by atoms with Gasteiger partial charge in [-0.15, -0.1) is 0 Å². The first kappa shape index (κ1) is 16.5. The molecule has 130 valence electrons. The maximum absolute atomic E-state index is 15.2. The van der Waals surface area contributed by atoms with E-state index >= 15 is 4.39 Å². The number of hydrogen-bond donors (Lipinski definition) is 0. The van der Waals surface area contributed by atoms with E-state index in [0.717, 1.165) is 22.2 Å². The molecule has 0 atom stereocenters. The van der Waals surface area contributed by atoms with Gasteiger partial charge in [0.25, 0.3) is 0 Å². The van der Waals surface area contributed by atoms with E-state index in [9.17, 15) is 0 Å². The van der Waals surface area contributed by atoms with Crippen LogP contribution in [-0.4, -0.2) is 9.55 Å². The second-order valence-corrected chi connectivity index (χ2v) is 7.52. The second-order valence-electron chi connectivity index (χ2n) is 7.52. The summed E-state index contributed by atoms with van der Waals surface area (Å²) in [5, 5.41) is 0. The van der Waals surface area contributed by atoms with Crippen LogP contribution in [0.4, 0.5) is 4.39 Å². The van der Waals surface area contributed by atoms with Gasteiger partial charge in [0.1, 0.15) is 5.82 Å². The number of halogens is 1. The van der Waals surface area contributed by atoms with Crippen LogP contribution in [0.15, 0.2) is 73.1 Å². The number of aromatic nitrogens is 2. The lowest BCUT2D eigenvalue weighted by atomic mass is 9.97. The topological polar surface area (TPSA) is 17.8 Å². The molecule has 1 aromatic heterocycles. The van der Waals surface area contributed by atoms with E-state index in [1.165, 1.54) is 0 Å². The normalized spacial score (nSPS) is 11.8. The zero-order valence-electron chi connectivity index (χ0n) is 15.2. The molecule has 0 radical (unpaired) electrons. The maximum atomic E-state index is 15.2. The fourth-order valence-corrected chi connectivity index (χ4v) is 3.31. The number of imidazole rings is 1. The number of nitrogens with zero attached hydrogens (tertiary/aromatic N) is 2. The smallest absolute Gasteiger partial charge is 0.138 e. The second kappa shape index (κ2) is 6.10. The van der Waals surface area contributed by atoms with Crippen molar-refractivity contribution in [3.8, 4) is 22.3 Å². The van der Waals surface area contributed by atoms with E-state index in [4.69, 9.17) is 0 Å². The van der Waals surface area contributed by atoms with Gasteiger partial charge in [-0.05, 0) is 44.0 Å². The molecule has 0 aliphatic carbocycles. The standard InChI is InChI=1S/C23H21FN2/c1-23(2,3)26-15-25-20-14-17(12-13-21(20)26)19-11-7-10-18(22(19)24)16-8-5-4-6-9-16/h4-15H,1-3H3. The molecule has 3 heteroatoms. The molecule has 0 saturated heterocycles. The van der Waals surface area contributed by atoms with Gasteiger partial charge in [-0.25, -0.2) is 9.37 Å². The highest BCUT2D eigenvalue weighted by molar-refractivity contribution is 5.84. The van der Waals surface area contributed by atoms with Crippen LogP contribution in [0.2, 0.25) is 0 Å². The first-order valence-corrected chi connectivity index (χ1v) is 8.77. The Balaban J connectivity index is 1.84. The van der Waals surface area contributed by atoms with Gasteiger partial charge in [0.2, 0.25) is 0 Å². The Bertz CT molecular complexity index is 1070. The Morgan fingerprint density at radius 3 is 2.19 bits per heavy atom. The third-order valence-electron chi connectivity index (χ3n) is 4.66. The van der Waals surface area contributed by atoms with Crippen LogP contribution in [0.5, 0.6) is 0 Å². The van der Waals surface area contributed by atoms with Gasteiger partial charge in [0.15, 0.2) is 0 Å². The Labute approximate surface area is 152 Å². The van der Waals surface area contributed by atoms with E-state index in [2.05, 4.69) is 30.3 Å². The molecular formula is C23H21FN2. The SMILES string of the molecule is CC(C)(C)n1cnc2cc(-c3cccc(-c4ccccc4)c3F)ccc21. The highest BCUT2D eigenvalue weighted by Gasteiger charge is 2.17. The molecule has 0 spiro atoms. The molecule has 0 bridgehead atoms. The molecule has 3 aromatic carbocycles. The van der Waals surface area contributed by atoms with Crippen LogP contribution >= 0.6 is 0 Å². The third-order valence-corrected chi connectivity index (χ3v) is 4.66. The van der Waals surface area contributed by atoms with Crippen LogP contribution in [0, 0.1) is 5.82 Å². The van der Waals surface area contributed by atoms with Crippen molar-refractivity contribution >= 4 is 11.0 Å². The van der Waals surface area contributed by atoms with E-state index in [-0.39, 0.29) is 11.4 Å². The summed E-state index contributed by atoms with van der Waals surface area (Å²) in [4.78, 5) is 4.52. The molecule has 0 unspecified atom stereocenters.